The molecule has 4 bridgehead atoms. The number of phenolic OH excluding ortho intramolecular Hbond substituents is 2. The fourth-order valence-corrected chi connectivity index (χ4v) is 13.4. The van der Waals surface area contributed by atoms with Crippen molar-refractivity contribution in [3.63, 3.8) is 0 Å². The number of nitrogens with zero attached hydrogens (tertiary/aromatic N) is 2. The number of piperidine rings is 2. The highest BCUT2D eigenvalue weighted by Crippen LogP contribution is 2.72. The normalized spacial score (nSPS) is 40.5. The van der Waals surface area contributed by atoms with E-state index >= 15 is 0 Å². The van der Waals surface area contributed by atoms with Crippen molar-refractivity contribution in [2.24, 2.45) is 11.8 Å². The molecule has 4 fully saturated rings. The van der Waals surface area contributed by atoms with Crippen LogP contribution < -0.4 is 9.47 Å². The van der Waals surface area contributed by atoms with E-state index in [1.165, 1.54) is 36.8 Å². The third-order valence-electron chi connectivity index (χ3n) is 15.7. The van der Waals surface area contributed by atoms with Gasteiger partial charge in [0.1, 0.15) is 0 Å². The molecule has 3 aromatic rings. The Morgan fingerprint density at radius 2 is 1.12 bits per heavy atom. The van der Waals surface area contributed by atoms with Crippen LogP contribution in [0.4, 0.5) is 0 Å². The molecule has 9 nitrogen and oxygen atoms in total. The van der Waals surface area contributed by atoms with Crippen LogP contribution in [-0.2, 0) is 36.5 Å². The molecule has 4 aliphatic heterocycles. The van der Waals surface area contributed by atoms with Gasteiger partial charge in [-0.25, -0.2) is 0 Å². The Morgan fingerprint density at radius 1 is 0.680 bits per heavy atom. The van der Waals surface area contributed by atoms with Gasteiger partial charge in [0.25, 0.3) is 0 Å². The Labute approximate surface area is 297 Å². The minimum absolute atomic E-state index is 0. The van der Waals surface area contributed by atoms with Crippen LogP contribution in [0.5, 0.6) is 23.0 Å². The number of H-pyrrole nitrogens is 1. The van der Waals surface area contributed by atoms with Crippen LogP contribution in [0.2, 0.25) is 0 Å². The number of phenols is 2. The summed E-state index contributed by atoms with van der Waals surface area (Å²) in [6.07, 6.45) is 8.06. The summed E-state index contributed by atoms with van der Waals surface area (Å²) in [4.78, 5) is 9.05. The van der Waals surface area contributed by atoms with Gasteiger partial charge in [0.15, 0.2) is 35.2 Å². The minimum Gasteiger partial charge on any atom is -0.504 e. The van der Waals surface area contributed by atoms with Crippen molar-refractivity contribution in [1.29, 1.82) is 0 Å². The lowest BCUT2D eigenvalue weighted by atomic mass is 9.47. The molecule has 8 atom stereocenters. The monoisotopic (exact) mass is 697 g/mol. The first-order valence-corrected chi connectivity index (χ1v) is 19.0. The molecule has 1 aromatic heterocycles. The number of nitrogens with one attached hydrogen (secondary N) is 1. The van der Waals surface area contributed by atoms with Crippen LogP contribution in [0.1, 0.15) is 95.5 Å². The van der Waals surface area contributed by atoms with Crippen LogP contribution in [0.3, 0.4) is 0 Å². The average Bonchev–Trinajstić information content (AvgIpc) is 3.98. The summed E-state index contributed by atoms with van der Waals surface area (Å²) >= 11 is 0. The molecule has 10 heteroatoms. The van der Waals surface area contributed by atoms with Gasteiger partial charge in [-0.15, -0.1) is 12.4 Å². The van der Waals surface area contributed by atoms with Gasteiger partial charge in [0.05, 0.1) is 33.4 Å². The highest BCUT2D eigenvalue weighted by Gasteiger charge is 2.76. The second kappa shape index (κ2) is 8.97. The second-order valence-electron chi connectivity index (χ2n) is 17.8. The van der Waals surface area contributed by atoms with Gasteiger partial charge < -0.3 is 34.9 Å². The number of fused-ring (bicyclic) bond motifs is 5. The maximum atomic E-state index is 13.5. The van der Waals surface area contributed by atoms with Crippen molar-refractivity contribution in [3.8, 4) is 23.0 Å². The minimum atomic E-state index is -1.09. The fourth-order valence-electron chi connectivity index (χ4n) is 13.4. The smallest absolute Gasteiger partial charge is 0.166 e. The lowest BCUT2D eigenvalue weighted by Gasteiger charge is -2.63. The zero-order chi connectivity index (χ0) is 32.4. The van der Waals surface area contributed by atoms with E-state index < -0.39 is 34.2 Å². The molecule has 13 rings (SSSR count). The van der Waals surface area contributed by atoms with Gasteiger partial charge in [0.2, 0.25) is 0 Å². The average molecular weight is 698 g/mol. The van der Waals surface area contributed by atoms with E-state index in [0.717, 1.165) is 85.5 Å². The highest BCUT2D eigenvalue weighted by molar-refractivity contribution is 5.85. The summed E-state index contributed by atoms with van der Waals surface area (Å²) < 4.78 is 13.9. The largest absolute Gasteiger partial charge is 0.504 e. The number of aliphatic hydroxyl groups is 2. The van der Waals surface area contributed by atoms with Crippen LogP contribution in [0.25, 0.3) is 0 Å². The molecular formula is C40H44ClN3O6. The van der Waals surface area contributed by atoms with E-state index in [1.54, 1.807) is 12.1 Å². The standard InChI is InChI=1S/C40H43N3O6.ClH/c44-25-7-5-21-13-27-39(46)15-23-24-16-40(47)28-14-22-6-8-26(45)34-30(22)38(40,10-12-43(28)18-20-3-4-20)36(49-34)32(24)41-31(23)35-37(39,29(21)33(25)48-35)9-11-42(27)17-19-1-2-19;/h5-8,19-20,27-28,35-36,41,44-47H,1-4,9-18H2;1H/t27-,28-,35+,36+,37+,38+,39-,40-;/m1./s1. The second-order valence-corrected chi connectivity index (χ2v) is 17.8. The maximum absolute atomic E-state index is 13.5. The number of likely N-dealkylation sites (tertiary alicyclic amines) is 2. The van der Waals surface area contributed by atoms with E-state index in [9.17, 15) is 20.4 Å². The molecule has 0 amide bonds. The zero-order valence-corrected chi connectivity index (χ0v) is 28.9. The first-order valence-electron chi connectivity index (χ1n) is 19.0. The number of ether oxygens (including phenoxy) is 2. The summed E-state index contributed by atoms with van der Waals surface area (Å²) in [5.74, 6) is 2.77. The molecule has 10 aliphatic rings. The van der Waals surface area contributed by atoms with E-state index in [4.69, 9.17) is 9.47 Å². The van der Waals surface area contributed by atoms with E-state index in [0.29, 0.717) is 36.2 Å². The Morgan fingerprint density at radius 3 is 1.54 bits per heavy atom. The van der Waals surface area contributed by atoms with Gasteiger partial charge >= 0.3 is 0 Å². The molecule has 2 saturated carbocycles. The molecular weight excluding hydrogens is 654 g/mol. The van der Waals surface area contributed by atoms with Gasteiger partial charge in [-0.05, 0) is 111 Å². The Hall–Kier alpha value is -2.95. The maximum Gasteiger partial charge on any atom is 0.166 e. The number of halogens is 1. The Balaban J connectivity index is 0.00000286. The van der Waals surface area contributed by atoms with Crippen molar-refractivity contribution >= 4 is 12.4 Å². The predicted molar refractivity (Wildman–Crippen MR) is 184 cm³/mol. The number of rotatable bonds is 4. The van der Waals surface area contributed by atoms with Gasteiger partial charge in [0, 0.05) is 49.1 Å². The Kier molecular flexibility index (Phi) is 5.31. The van der Waals surface area contributed by atoms with Crippen LogP contribution in [0.15, 0.2) is 24.3 Å². The van der Waals surface area contributed by atoms with Crippen LogP contribution >= 0.6 is 12.4 Å². The van der Waals surface area contributed by atoms with Gasteiger partial charge in [-0.2, -0.15) is 0 Å². The van der Waals surface area contributed by atoms with E-state index in [1.807, 2.05) is 0 Å². The summed E-state index contributed by atoms with van der Waals surface area (Å²) in [6.45, 7) is 3.84. The lowest BCUT2D eigenvalue weighted by molar-refractivity contribution is -0.176. The summed E-state index contributed by atoms with van der Waals surface area (Å²) in [7, 11) is 0. The summed E-state index contributed by atoms with van der Waals surface area (Å²) in [5, 5.41) is 49.4. The number of aromatic hydroxyl groups is 2. The van der Waals surface area contributed by atoms with Crippen molar-refractivity contribution in [2.75, 3.05) is 26.2 Å². The SMILES string of the molecule is Cl.Oc1ccc2c3c1O[C@H]1c4[nH]c5c(c4C[C@@]4(O)[C@@H](C2)N(CC2CC2)CC[C@]314)C[C@@]1(O)[C@H]2Cc3ccc(O)c4c3[C@@]1(CCN2CC1CC1)[C@H]5O4. The van der Waals surface area contributed by atoms with Crippen molar-refractivity contribution in [3.05, 3.63) is 69.0 Å². The molecule has 50 heavy (non-hydrogen) atoms. The highest BCUT2D eigenvalue weighted by atomic mass is 35.5. The molecule has 2 saturated heterocycles. The summed E-state index contributed by atoms with van der Waals surface area (Å²) in [5.41, 5.74) is 4.93. The number of aromatic nitrogens is 1. The van der Waals surface area contributed by atoms with E-state index in [2.05, 4.69) is 26.9 Å². The molecule has 6 aliphatic carbocycles. The fraction of sp³-hybridized carbons (Fsp3) is 0.600. The quantitative estimate of drug-likeness (QED) is 0.275. The zero-order valence-electron chi connectivity index (χ0n) is 28.1. The number of hydrogen-bond donors (Lipinski definition) is 5. The van der Waals surface area contributed by atoms with Crippen molar-refractivity contribution in [2.45, 2.75) is 111 Å². The molecule has 0 unspecified atom stereocenters. The first kappa shape index (κ1) is 29.6. The van der Waals surface area contributed by atoms with E-state index in [-0.39, 0.29) is 36.0 Å². The molecule has 5 N–H and O–H groups in total. The van der Waals surface area contributed by atoms with Gasteiger partial charge in [-0.3, -0.25) is 9.80 Å². The van der Waals surface area contributed by atoms with Gasteiger partial charge in [-0.1, -0.05) is 12.1 Å². The first-order chi connectivity index (χ1) is 23.7. The number of benzene rings is 2. The third kappa shape index (κ3) is 3.06. The molecule has 262 valence electrons. The van der Waals surface area contributed by atoms with Crippen LogP contribution in [0, 0.1) is 11.8 Å². The van der Waals surface area contributed by atoms with Crippen LogP contribution in [-0.4, -0.2) is 84.7 Å². The molecule has 2 spiro atoms. The molecule has 2 aromatic carbocycles. The number of aromatic amines is 1. The van der Waals surface area contributed by atoms with Crippen molar-refractivity contribution < 1.29 is 29.9 Å². The molecule has 0 radical (unpaired) electrons. The lowest BCUT2D eigenvalue weighted by Crippen LogP contribution is -2.75. The molecule has 5 heterocycles. The topological polar surface area (TPSA) is 122 Å². The third-order valence-corrected chi connectivity index (χ3v) is 15.7. The number of hydrogen-bond acceptors (Lipinski definition) is 8. The Bertz CT molecular complexity index is 1920. The summed E-state index contributed by atoms with van der Waals surface area (Å²) in [6, 6.07) is 7.56. The predicted octanol–water partition coefficient (Wildman–Crippen LogP) is 4.25. The van der Waals surface area contributed by atoms with Crippen molar-refractivity contribution in [1.82, 2.24) is 14.8 Å².